The zero-order valence-electron chi connectivity index (χ0n) is 11.4. The Morgan fingerprint density at radius 1 is 1.24 bits per heavy atom. The summed E-state index contributed by atoms with van der Waals surface area (Å²) in [6, 6.07) is 9.85. The zero-order valence-corrected chi connectivity index (χ0v) is 13.7. The first kappa shape index (κ1) is 14.3. The van der Waals surface area contributed by atoms with E-state index in [-0.39, 0.29) is 0 Å². The van der Waals surface area contributed by atoms with Gasteiger partial charge in [0.25, 0.3) is 0 Å². The van der Waals surface area contributed by atoms with Crippen LogP contribution in [0, 0.1) is 6.92 Å². The lowest BCUT2D eigenvalue weighted by molar-refractivity contribution is 1.12. The first-order valence-electron chi connectivity index (χ1n) is 6.53. The SMILES string of the molecule is Cc1cc(NCc2ccc(Cl)c3cccnc23)cnc1Br. The highest BCUT2D eigenvalue weighted by molar-refractivity contribution is 9.10. The van der Waals surface area contributed by atoms with Crippen LogP contribution in [-0.4, -0.2) is 9.97 Å². The molecule has 0 fully saturated rings. The quantitative estimate of drug-likeness (QED) is 0.669. The molecule has 0 aliphatic heterocycles. The molecule has 0 atom stereocenters. The number of rotatable bonds is 3. The van der Waals surface area contributed by atoms with Crippen LogP contribution in [0.3, 0.4) is 0 Å². The molecule has 3 rings (SSSR count). The summed E-state index contributed by atoms with van der Waals surface area (Å²) in [6.07, 6.45) is 3.59. The van der Waals surface area contributed by atoms with Crippen LogP contribution in [0.4, 0.5) is 5.69 Å². The van der Waals surface area contributed by atoms with Gasteiger partial charge >= 0.3 is 0 Å². The predicted octanol–water partition coefficient (Wildman–Crippen LogP) is 4.97. The van der Waals surface area contributed by atoms with E-state index in [4.69, 9.17) is 11.6 Å². The van der Waals surface area contributed by atoms with E-state index in [1.165, 1.54) is 0 Å². The third kappa shape index (κ3) is 3.01. The molecule has 5 heteroatoms. The maximum Gasteiger partial charge on any atom is 0.109 e. The summed E-state index contributed by atoms with van der Waals surface area (Å²) in [5, 5.41) is 5.07. The Hall–Kier alpha value is -1.65. The predicted molar refractivity (Wildman–Crippen MR) is 90.8 cm³/mol. The van der Waals surface area contributed by atoms with Crippen LogP contribution in [0.5, 0.6) is 0 Å². The Balaban J connectivity index is 1.88. The molecular weight excluding hydrogens is 350 g/mol. The van der Waals surface area contributed by atoms with Crippen LogP contribution in [0.2, 0.25) is 5.02 Å². The van der Waals surface area contributed by atoms with Crippen molar-refractivity contribution in [2.24, 2.45) is 0 Å². The van der Waals surface area contributed by atoms with Crippen molar-refractivity contribution in [1.29, 1.82) is 0 Å². The molecule has 0 amide bonds. The number of nitrogens with zero attached hydrogens (tertiary/aromatic N) is 2. The van der Waals surface area contributed by atoms with Gasteiger partial charge in [0.1, 0.15) is 4.60 Å². The minimum atomic E-state index is 0.674. The van der Waals surface area contributed by atoms with Gasteiger partial charge in [0.15, 0.2) is 0 Å². The van der Waals surface area contributed by atoms with E-state index in [9.17, 15) is 0 Å². The van der Waals surface area contributed by atoms with E-state index in [0.717, 1.165) is 37.3 Å². The van der Waals surface area contributed by atoms with E-state index in [1.807, 2.05) is 37.4 Å². The number of fused-ring (bicyclic) bond motifs is 1. The molecule has 3 nitrogen and oxygen atoms in total. The highest BCUT2D eigenvalue weighted by Crippen LogP contribution is 2.25. The summed E-state index contributed by atoms with van der Waals surface area (Å²) in [5.74, 6) is 0. The molecular formula is C16H13BrClN3. The van der Waals surface area contributed by atoms with Crippen LogP contribution >= 0.6 is 27.5 Å². The first-order chi connectivity index (χ1) is 10.1. The van der Waals surface area contributed by atoms with Gasteiger partial charge in [0.05, 0.1) is 17.4 Å². The highest BCUT2D eigenvalue weighted by atomic mass is 79.9. The summed E-state index contributed by atoms with van der Waals surface area (Å²) < 4.78 is 0.867. The third-order valence-corrected chi connectivity index (χ3v) is 4.46. The topological polar surface area (TPSA) is 37.8 Å². The Morgan fingerprint density at radius 2 is 2.10 bits per heavy atom. The first-order valence-corrected chi connectivity index (χ1v) is 7.70. The standard InChI is InChI=1S/C16H13BrClN3/c1-10-7-12(9-21-16(10)17)20-8-11-4-5-14(18)13-3-2-6-19-15(11)13/h2-7,9,20H,8H2,1H3. The number of anilines is 1. The molecule has 0 radical (unpaired) electrons. The van der Waals surface area contributed by atoms with Crippen molar-refractivity contribution in [1.82, 2.24) is 9.97 Å². The summed E-state index contributed by atoms with van der Waals surface area (Å²) in [5.41, 5.74) is 4.11. The van der Waals surface area contributed by atoms with Gasteiger partial charge in [0.2, 0.25) is 0 Å². The molecule has 2 aromatic heterocycles. The number of aromatic nitrogens is 2. The minimum absolute atomic E-state index is 0.674. The number of pyridine rings is 2. The molecule has 3 aromatic rings. The van der Waals surface area contributed by atoms with Gasteiger partial charge < -0.3 is 5.32 Å². The van der Waals surface area contributed by atoms with Crippen molar-refractivity contribution in [2.75, 3.05) is 5.32 Å². The maximum absolute atomic E-state index is 6.21. The van der Waals surface area contributed by atoms with Crippen LogP contribution < -0.4 is 5.32 Å². The van der Waals surface area contributed by atoms with Crippen LogP contribution in [-0.2, 0) is 6.54 Å². The molecule has 21 heavy (non-hydrogen) atoms. The second kappa shape index (κ2) is 6.00. The average Bonchev–Trinajstić information content (AvgIpc) is 2.50. The van der Waals surface area contributed by atoms with E-state index in [0.29, 0.717) is 6.54 Å². The van der Waals surface area contributed by atoms with Crippen molar-refractivity contribution < 1.29 is 0 Å². The average molecular weight is 363 g/mol. The molecule has 0 spiro atoms. The van der Waals surface area contributed by atoms with Crippen molar-refractivity contribution in [3.8, 4) is 0 Å². The molecule has 0 aliphatic carbocycles. The van der Waals surface area contributed by atoms with Crippen molar-refractivity contribution in [3.05, 3.63) is 63.5 Å². The molecule has 0 aliphatic rings. The molecule has 1 N–H and O–H groups in total. The second-order valence-corrected chi connectivity index (χ2v) is 5.95. The van der Waals surface area contributed by atoms with Gasteiger partial charge in [-0.1, -0.05) is 17.7 Å². The Kier molecular flexibility index (Phi) is 4.08. The van der Waals surface area contributed by atoms with Gasteiger partial charge in [0, 0.05) is 23.2 Å². The van der Waals surface area contributed by atoms with E-state index in [2.05, 4.69) is 37.3 Å². The summed E-state index contributed by atoms with van der Waals surface area (Å²) in [4.78, 5) is 8.72. The molecule has 0 unspecified atom stereocenters. The number of benzene rings is 1. The largest absolute Gasteiger partial charge is 0.380 e. The van der Waals surface area contributed by atoms with Gasteiger partial charge in [-0.15, -0.1) is 0 Å². The monoisotopic (exact) mass is 361 g/mol. The Labute approximate surface area is 136 Å². The lowest BCUT2D eigenvalue weighted by Crippen LogP contribution is -2.02. The fraction of sp³-hybridized carbons (Fsp3) is 0.125. The minimum Gasteiger partial charge on any atom is -0.380 e. The van der Waals surface area contributed by atoms with Crippen molar-refractivity contribution >= 4 is 44.1 Å². The fourth-order valence-electron chi connectivity index (χ4n) is 2.19. The molecule has 0 saturated carbocycles. The molecule has 106 valence electrons. The Morgan fingerprint density at radius 3 is 2.90 bits per heavy atom. The summed E-state index contributed by atoms with van der Waals surface area (Å²) in [6.45, 7) is 2.69. The summed E-state index contributed by atoms with van der Waals surface area (Å²) >= 11 is 9.61. The number of halogens is 2. The van der Waals surface area contributed by atoms with Gasteiger partial charge in [-0.3, -0.25) is 4.98 Å². The van der Waals surface area contributed by atoms with Gasteiger partial charge in [-0.2, -0.15) is 0 Å². The van der Waals surface area contributed by atoms with Gasteiger partial charge in [-0.25, -0.2) is 4.98 Å². The Bertz CT molecular complexity index is 805. The van der Waals surface area contributed by atoms with Crippen LogP contribution in [0.1, 0.15) is 11.1 Å². The molecule has 0 saturated heterocycles. The van der Waals surface area contributed by atoms with Crippen LogP contribution in [0.25, 0.3) is 10.9 Å². The van der Waals surface area contributed by atoms with Gasteiger partial charge in [-0.05, 0) is 58.2 Å². The molecule has 2 heterocycles. The van der Waals surface area contributed by atoms with E-state index < -0.39 is 0 Å². The zero-order chi connectivity index (χ0) is 14.8. The smallest absolute Gasteiger partial charge is 0.109 e. The number of hydrogen-bond donors (Lipinski definition) is 1. The number of aryl methyl sites for hydroxylation is 1. The molecule has 0 bridgehead atoms. The molecule has 1 aromatic carbocycles. The lowest BCUT2D eigenvalue weighted by atomic mass is 10.1. The normalized spacial score (nSPS) is 10.8. The summed E-state index contributed by atoms with van der Waals surface area (Å²) in [7, 11) is 0. The number of hydrogen-bond acceptors (Lipinski definition) is 3. The lowest BCUT2D eigenvalue weighted by Gasteiger charge is -2.10. The highest BCUT2D eigenvalue weighted by Gasteiger charge is 2.06. The third-order valence-electron chi connectivity index (χ3n) is 3.30. The van der Waals surface area contributed by atoms with E-state index >= 15 is 0 Å². The van der Waals surface area contributed by atoms with Crippen molar-refractivity contribution in [3.63, 3.8) is 0 Å². The number of nitrogens with one attached hydrogen (secondary N) is 1. The van der Waals surface area contributed by atoms with E-state index in [1.54, 1.807) is 6.20 Å². The van der Waals surface area contributed by atoms with Crippen LogP contribution in [0.15, 0.2) is 47.3 Å². The fourth-order valence-corrected chi connectivity index (χ4v) is 2.62. The second-order valence-electron chi connectivity index (χ2n) is 4.79. The van der Waals surface area contributed by atoms with Crippen molar-refractivity contribution in [2.45, 2.75) is 13.5 Å². The maximum atomic E-state index is 6.21.